The molecule has 3 N–H and O–H groups in total. The molecule has 3 rings (SSSR count). The topological polar surface area (TPSA) is 81.7 Å². The van der Waals surface area contributed by atoms with Crippen molar-refractivity contribution in [3.63, 3.8) is 0 Å². The minimum Gasteiger partial charge on any atom is -0.359 e. The van der Waals surface area contributed by atoms with E-state index in [1.54, 1.807) is 30.3 Å². The lowest BCUT2D eigenvalue weighted by molar-refractivity contribution is -0.140. The molecule has 0 saturated carbocycles. The highest BCUT2D eigenvalue weighted by atomic mass is 79.9. The number of unbranched alkanes of at least 4 members (excludes halogenated alkanes) is 1. The van der Waals surface area contributed by atoms with Gasteiger partial charge in [-0.3, -0.25) is 9.69 Å². The van der Waals surface area contributed by atoms with E-state index in [0.717, 1.165) is 29.7 Å². The lowest BCUT2D eigenvalue weighted by atomic mass is 9.94. The van der Waals surface area contributed by atoms with Gasteiger partial charge in [-0.2, -0.15) is 0 Å². The van der Waals surface area contributed by atoms with Crippen molar-refractivity contribution < 1.29 is 14.7 Å². The molecule has 0 fully saturated rings. The van der Waals surface area contributed by atoms with Crippen molar-refractivity contribution in [2.75, 3.05) is 16.8 Å². The molecule has 0 spiro atoms. The molecule has 148 valence electrons. The van der Waals surface area contributed by atoms with Crippen LogP contribution >= 0.6 is 15.9 Å². The Balaban J connectivity index is 2.12. The van der Waals surface area contributed by atoms with Gasteiger partial charge in [-0.1, -0.05) is 48.3 Å². The van der Waals surface area contributed by atoms with Gasteiger partial charge in [0, 0.05) is 22.3 Å². The first-order valence-electron chi connectivity index (χ1n) is 9.42. The summed E-state index contributed by atoms with van der Waals surface area (Å²) in [5.41, 5.74) is 0.0923. The van der Waals surface area contributed by atoms with E-state index in [0.29, 0.717) is 28.0 Å². The Bertz CT molecular complexity index is 885. The van der Waals surface area contributed by atoms with Gasteiger partial charge in [-0.05, 0) is 48.7 Å². The minimum absolute atomic E-state index is 0.315. The Labute approximate surface area is 173 Å². The van der Waals surface area contributed by atoms with Crippen LogP contribution in [0.25, 0.3) is 0 Å². The zero-order valence-corrected chi connectivity index (χ0v) is 17.5. The fourth-order valence-corrected chi connectivity index (χ4v) is 3.62. The van der Waals surface area contributed by atoms with Crippen LogP contribution in [0.15, 0.2) is 46.9 Å². The van der Waals surface area contributed by atoms with E-state index < -0.39 is 17.7 Å². The number of carbonyl (C=O) groups excluding carboxylic acids is 2. The molecular weight excluding hydrogens is 422 g/mol. The molecule has 0 unspecified atom stereocenters. The van der Waals surface area contributed by atoms with Gasteiger partial charge in [-0.15, -0.1) is 0 Å². The van der Waals surface area contributed by atoms with E-state index in [-0.39, 0.29) is 0 Å². The summed E-state index contributed by atoms with van der Waals surface area (Å²) in [5, 5.41) is 17.2. The molecule has 1 heterocycles. The number of hydrogen-bond acceptors (Lipinski definition) is 3. The van der Waals surface area contributed by atoms with E-state index in [2.05, 4.69) is 26.6 Å². The van der Waals surface area contributed by atoms with Crippen molar-refractivity contribution >= 4 is 39.2 Å². The smallest absolute Gasteiger partial charge is 0.329 e. The predicted molar refractivity (Wildman–Crippen MR) is 113 cm³/mol. The molecule has 0 aromatic heterocycles. The van der Waals surface area contributed by atoms with Gasteiger partial charge in [0.05, 0.1) is 5.69 Å². The Morgan fingerprint density at radius 2 is 1.93 bits per heavy atom. The first kappa shape index (κ1) is 20.4. The van der Waals surface area contributed by atoms with Crippen molar-refractivity contribution in [3.8, 4) is 0 Å². The fraction of sp³-hybridized carbons (Fsp3) is 0.333. The van der Waals surface area contributed by atoms with Gasteiger partial charge in [0.1, 0.15) is 0 Å². The van der Waals surface area contributed by atoms with Gasteiger partial charge in [-0.25, -0.2) is 4.79 Å². The van der Waals surface area contributed by atoms with E-state index in [4.69, 9.17) is 0 Å². The standard InChI is InChI=1S/C21H24BrN3O3/c1-3-5-12-23-19(26)21(28)17-13-15(22)8-11-18(17)24-20(27)25(21)16-9-6-14(4-2)7-10-16/h6-11,13,28H,3-5,12H2,1-2H3,(H,23,26)(H,24,27)/t21-/m1/s1. The van der Waals surface area contributed by atoms with Crippen LogP contribution in [0.2, 0.25) is 0 Å². The van der Waals surface area contributed by atoms with Crippen LogP contribution in [-0.2, 0) is 16.9 Å². The maximum Gasteiger partial charge on any atom is 0.329 e. The van der Waals surface area contributed by atoms with Gasteiger partial charge >= 0.3 is 6.03 Å². The molecule has 6 nitrogen and oxygen atoms in total. The van der Waals surface area contributed by atoms with Crippen LogP contribution in [0.5, 0.6) is 0 Å². The lowest BCUT2D eigenvalue weighted by Crippen LogP contribution is -2.62. The Morgan fingerprint density at radius 3 is 2.57 bits per heavy atom. The number of nitrogens with one attached hydrogen (secondary N) is 2. The van der Waals surface area contributed by atoms with Crippen LogP contribution in [0, 0.1) is 0 Å². The number of nitrogens with zero attached hydrogens (tertiary/aromatic N) is 1. The van der Waals surface area contributed by atoms with Gasteiger partial charge in [0.25, 0.3) is 11.6 Å². The van der Waals surface area contributed by atoms with Crippen LogP contribution in [0.1, 0.15) is 37.8 Å². The molecule has 2 aromatic carbocycles. The number of benzene rings is 2. The summed E-state index contributed by atoms with van der Waals surface area (Å²) >= 11 is 3.39. The molecule has 1 atom stereocenters. The summed E-state index contributed by atoms with van der Waals surface area (Å²) in [4.78, 5) is 27.1. The SMILES string of the molecule is CCCCNC(=O)[C@]1(O)c2cc(Br)ccc2NC(=O)N1c1ccc(CC)cc1. The number of urea groups is 1. The number of carbonyl (C=O) groups is 2. The highest BCUT2D eigenvalue weighted by Gasteiger charge is 2.52. The largest absolute Gasteiger partial charge is 0.359 e. The Kier molecular flexibility index (Phi) is 6.05. The van der Waals surface area contributed by atoms with Crippen LogP contribution in [-0.4, -0.2) is 23.6 Å². The summed E-state index contributed by atoms with van der Waals surface area (Å²) in [5.74, 6) is -0.630. The third-order valence-electron chi connectivity index (χ3n) is 4.86. The highest BCUT2D eigenvalue weighted by Crippen LogP contribution is 2.41. The third kappa shape index (κ3) is 3.64. The van der Waals surface area contributed by atoms with Gasteiger partial charge in [0.2, 0.25) is 0 Å². The van der Waals surface area contributed by atoms with Crippen molar-refractivity contribution in [2.24, 2.45) is 0 Å². The number of fused-ring (bicyclic) bond motifs is 1. The predicted octanol–water partition coefficient (Wildman–Crippen LogP) is 4.13. The fourth-order valence-electron chi connectivity index (χ4n) is 3.26. The molecule has 0 aliphatic carbocycles. The molecule has 0 radical (unpaired) electrons. The van der Waals surface area contributed by atoms with Crippen molar-refractivity contribution in [1.29, 1.82) is 0 Å². The van der Waals surface area contributed by atoms with E-state index in [1.165, 1.54) is 0 Å². The average Bonchev–Trinajstić information content (AvgIpc) is 2.69. The lowest BCUT2D eigenvalue weighted by Gasteiger charge is -2.42. The van der Waals surface area contributed by atoms with Crippen molar-refractivity contribution in [1.82, 2.24) is 5.32 Å². The minimum atomic E-state index is -2.16. The first-order chi connectivity index (χ1) is 13.4. The third-order valence-corrected chi connectivity index (χ3v) is 5.35. The maximum atomic E-state index is 13.1. The first-order valence-corrected chi connectivity index (χ1v) is 10.2. The van der Waals surface area contributed by atoms with Gasteiger partial charge < -0.3 is 15.7 Å². The van der Waals surface area contributed by atoms with Gasteiger partial charge in [0.15, 0.2) is 0 Å². The monoisotopic (exact) mass is 445 g/mol. The molecule has 28 heavy (non-hydrogen) atoms. The summed E-state index contributed by atoms with van der Waals surface area (Å²) < 4.78 is 0.698. The Morgan fingerprint density at radius 1 is 1.21 bits per heavy atom. The molecule has 2 aromatic rings. The second-order valence-corrected chi connectivity index (χ2v) is 7.67. The average molecular weight is 446 g/mol. The number of anilines is 2. The molecule has 0 saturated heterocycles. The number of halogens is 1. The van der Waals surface area contributed by atoms with Crippen LogP contribution in [0.3, 0.4) is 0 Å². The number of rotatable bonds is 6. The number of hydrogen-bond donors (Lipinski definition) is 3. The summed E-state index contributed by atoms with van der Waals surface area (Å²) in [6.07, 6.45) is 2.54. The molecule has 1 aliphatic rings. The van der Waals surface area contributed by atoms with E-state index in [1.807, 2.05) is 26.0 Å². The maximum absolute atomic E-state index is 13.1. The second kappa shape index (κ2) is 8.32. The zero-order chi connectivity index (χ0) is 20.3. The quantitative estimate of drug-likeness (QED) is 0.584. The number of aliphatic hydroxyl groups is 1. The molecule has 7 heteroatoms. The van der Waals surface area contributed by atoms with Crippen LogP contribution < -0.4 is 15.5 Å². The van der Waals surface area contributed by atoms with Crippen LogP contribution in [0.4, 0.5) is 16.2 Å². The summed E-state index contributed by atoms with van der Waals surface area (Å²) in [6.45, 7) is 4.47. The summed E-state index contributed by atoms with van der Waals surface area (Å²) in [6, 6.07) is 11.8. The van der Waals surface area contributed by atoms with E-state index in [9.17, 15) is 14.7 Å². The zero-order valence-electron chi connectivity index (χ0n) is 16.0. The molecule has 0 bridgehead atoms. The molecule has 1 aliphatic heterocycles. The molecular formula is C21H24BrN3O3. The number of aryl methyl sites for hydroxylation is 1. The summed E-state index contributed by atoms with van der Waals surface area (Å²) in [7, 11) is 0. The highest BCUT2D eigenvalue weighted by molar-refractivity contribution is 9.10. The second-order valence-electron chi connectivity index (χ2n) is 6.76. The van der Waals surface area contributed by atoms with Crippen molar-refractivity contribution in [2.45, 2.75) is 38.8 Å². The van der Waals surface area contributed by atoms with E-state index >= 15 is 0 Å². The normalized spacial score (nSPS) is 18.4. The van der Waals surface area contributed by atoms with Crippen molar-refractivity contribution in [3.05, 3.63) is 58.1 Å². The Hall–Kier alpha value is -2.38. The number of amides is 3. The molecule has 3 amide bonds.